The van der Waals surface area contributed by atoms with Crippen molar-refractivity contribution in [3.8, 4) is 11.5 Å². The Kier molecular flexibility index (Phi) is 4.59. The Morgan fingerprint density at radius 3 is 2.45 bits per heavy atom. The number of hydrogen-bond acceptors (Lipinski definition) is 3. The Morgan fingerprint density at radius 2 is 1.85 bits per heavy atom. The highest BCUT2D eigenvalue weighted by Gasteiger charge is 2.36. The van der Waals surface area contributed by atoms with Gasteiger partial charge in [-0.3, -0.25) is 0 Å². The summed E-state index contributed by atoms with van der Waals surface area (Å²) in [4.78, 5) is 0. The van der Waals surface area contributed by atoms with Gasteiger partial charge in [-0.15, -0.1) is 0 Å². The van der Waals surface area contributed by atoms with E-state index in [0.717, 1.165) is 17.1 Å². The van der Waals surface area contributed by atoms with Crippen LogP contribution >= 0.6 is 0 Å². The number of rotatable bonds is 4. The first-order valence-corrected chi connectivity index (χ1v) is 7.47. The second kappa shape index (κ2) is 6.04. The lowest BCUT2D eigenvalue weighted by Crippen LogP contribution is -2.36. The standard InChI is InChI=1S/C17H27NO2/c1-17(2)10-6-5-7-13(17)16(18)12-8-9-14(19-3)15(11-12)20-4/h8-9,11,13,16H,5-7,10,18H2,1-4H3. The van der Waals surface area contributed by atoms with Gasteiger partial charge in [0, 0.05) is 6.04 Å². The Bertz CT molecular complexity index is 456. The largest absolute Gasteiger partial charge is 0.493 e. The van der Waals surface area contributed by atoms with E-state index in [-0.39, 0.29) is 6.04 Å². The zero-order valence-corrected chi connectivity index (χ0v) is 13.1. The van der Waals surface area contributed by atoms with Crippen molar-refractivity contribution in [2.75, 3.05) is 14.2 Å². The lowest BCUT2D eigenvalue weighted by atomic mass is 9.65. The van der Waals surface area contributed by atoms with Gasteiger partial charge in [0.25, 0.3) is 0 Å². The van der Waals surface area contributed by atoms with Crippen LogP contribution in [0.15, 0.2) is 18.2 Å². The van der Waals surface area contributed by atoms with Gasteiger partial charge >= 0.3 is 0 Å². The van der Waals surface area contributed by atoms with Crippen LogP contribution in [-0.2, 0) is 0 Å². The van der Waals surface area contributed by atoms with Gasteiger partial charge in [-0.2, -0.15) is 0 Å². The topological polar surface area (TPSA) is 44.5 Å². The van der Waals surface area contributed by atoms with Gasteiger partial charge in [-0.25, -0.2) is 0 Å². The minimum absolute atomic E-state index is 0.0603. The summed E-state index contributed by atoms with van der Waals surface area (Å²) >= 11 is 0. The van der Waals surface area contributed by atoms with Gasteiger partial charge < -0.3 is 15.2 Å². The molecular weight excluding hydrogens is 250 g/mol. The molecule has 1 aliphatic carbocycles. The molecule has 3 nitrogen and oxygen atoms in total. The van der Waals surface area contributed by atoms with Crippen molar-refractivity contribution < 1.29 is 9.47 Å². The van der Waals surface area contributed by atoms with E-state index < -0.39 is 0 Å². The van der Waals surface area contributed by atoms with Crippen molar-refractivity contribution in [3.05, 3.63) is 23.8 Å². The Balaban J connectivity index is 2.26. The van der Waals surface area contributed by atoms with Crippen LogP contribution in [0.3, 0.4) is 0 Å². The molecule has 20 heavy (non-hydrogen) atoms. The lowest BCUT2D eigenvalue weighted by Gasteiger charge is -2.42. The quantitative estimate of drug-likeness (QED) is 0.907. The third kappa shape index (κ3) is 2.93. The Labute approximate surface area is 122 Å². The molecule has 1 aromatic rings. The van der Waals surface area contributed by atoms with Gasteiger partial charge in [-0.1, -0.05) is 32.8 Å². The van der Waals surface area contributed by atoms with Crippen LogP contribution in [0.25, 0.3) is 0 Å². The SMILES string of the molecule is COc1ccc(C(N)C2CCCCC2(C)C)cc1OC. The highest BCUT2D eigenvalue weighted by Crippen LogP contribution is 2.46. The number of benzene rings is 1. The zero-order chi connectivity index (χ0) is 14.8. The number of methoxy groups -OCH3 is 2. The fourth-order valence-corrected chi connectivity index (χ4v) is 3.48. The molecule has 0 saturated heterocycles. The Morgan fingerprint density at radius 1 is 1.15 bits per heavy atom. The summed E-state index contributed by atoms with van der Waals surface area (Å²) in [5.74, 6) is 2.04. The van der Waals surface area contributed by atoms with E-state index in [1.807, 2.05) is 12.1 Å². The molecule has 112 valence electrons. The molecule has 3 heteroatoms. The predicted octanol–water partition coefficient (Wildman–Crippen LogP) is 3.92. The smallest absolute Gasteiger partial charge is 0.161 e. The van der Waals surface area contributed by atoms with Crippen LogP contribution in [0.1, 0.15) is 51.1 Å². The van der Waals surface area contributed by atoms with E-state index in [9.17, 15) is 0 Å². The minimum atomic E-state index is 0.0603. The molecule has 0 amide bonds. The van der Waals surface area contributed by atoms with Crippen molar-refractivity contribution in [2.24, 2.45) is 17.1 Å². The maximum absolute atomic E-state index is 6.56. The monoisotopic (exact) mass is 277 g/mol. The average Bonchev–Trinajstić information content (AvgIpc) is 2.45. The number of nitrogens with two attached hydrogens (primary N) is 1. The van der Waals surface area contributed by atoms with E-state index >= 15 is 0 Å². The van der Waals surface area contributed by atoms with Gasteiger partial charge in [0.05, 0.1) is 14.2 Å². The van der Waals surface area contributed by atoms with E-state index in [2.05, 4.69) is 19.9 Å². The van der Waals surface area contributed by atoms with E-state index in [1.54, 1.807) is 14.2 Å². The molecule has 0 bridgehead atoms. The fourth-order valence-electron chi connectivity index (χ4n) is 3.48. The van der Waals surface area contributed by atoms with Crippen molar-refractivity contribution in [2.45, 2.75) is 45.6 Å². The third-order valence-electron chi connectivity index (χ3n) is 4.82. The van der Waals surface area contributed by atoms with Crippen LogP contribution in [0.2, 0.25) is 0 Å². The molecule has 1 aromatic carbocycles. The highest BCUT2D eigenvalue weighted by molar-refractivity contribution is 5.44. The van der Waals surface area contributed by atoms with Gasteiger partial charge in [0.1, 0.15) is 0 Å². The summed E-state index contributed by atoms with van der Waals surface area (Å²) in [6, 6.07) is 6.10. The molecule has 0 spiro atoms. The summed E-state index contributed by atoms with van der Waals surface area (Å²) in [5, 5.41) is 0. The van der Waals surface area contributed by atoms with Crippen molar-refractivity contribution in [3.63, 3.8) is 0 Å². The van der Waals surface area contributed by atoms with Gasteiger partial charge in [0.15, 0.2) is 11.5 Å². The van der Waals surface area contributed by atoms with E-state index in [4.69, 9.17) is 15.2 Å². The molecule has 2 N–H and O–H groups in total. The second-order valence-electron chi connectivity index (χ2n) is 6.48. The van der Waals surface area contributed by atoms with Crippen LogP contribution in [-0.4, -0.2) is 14.2 Å². The van der Waals surface area contributed by atoms with Crippen LogP contribution < -0.4 is 15.2 Å². The zero-order valence-electron chi connectivity index (χ0n) is 13.1. The lowest BCUT2D eigenvalue weighted by molar-refractivity contribution is 0.112. The first kappa shape index (κ1) is 15.2. The summed E-state index contributed by atoms with van der Waals surface area (Å²) in [6.07, 6.45) is 5.08. The molecule has 0 aliphatic heterocycles. The van der Waals surface area contributed by atoms with E-state index in [1.165, 1.54) is 25.7 Å². The molecule has 0 radical (unpaired) electrons. The first-order chi connectivity index (χ1) is 9.49. The summed E-state index contributed by atoms with van der Waals surface area (Å²) in [5.41, 5.74) is 8.02. The maximum atomic E-state index is 6.56. The summed E-state index contributed by atoms with van der Waals surface area (Å²) in [6.45, 7) is 4.69. The molecule has 1 aliphatic rings. The minimum Gasteiger partial charge on any atom is -0.493 e. The molecule has 1 fully saturated rings. The van der Waals surface area contributed by atoms with Gasteiger partial charge in [-0.05, 0) is 41.9 Å². The van der Waals surface area contributed by atoms with Crippen LogP contribution in [0, 0.1) is 11.3 Å². The second-order valence-corrected chi connectivity index (χ2v) is 6.48. The molecule has 1 saturated carbocycles. The van der Waals surface area contributed by atoms with Crippen molar-refractivity contribution in [1.82, 2.24) is 0 Å². The Hall–Kier alpha value is -1.22. The normalized spacial score (nSPS) is 23.1. The fraction of sp³-hybridized carbons (Fsp3) is 0.647. The van der Waals surface area contributed by atoms with Crippen LogP contribution in [0.4, 0.5) is 0 Å². The molecule has 2 rings (SSSR count). The molecule has 2 atom stereocenters. The molecular formula is C17H27NO2. The van der Waals surface area contributed by atoms with Crippen molar-refractivity contribution >= 4 is 0 Å². The first-order valence-electron chi connectivity index (χ1n) is 7.47. The third-order valence-corrected chi connectivity index (χ3v) is 4.82. The molecule has 0 heterocycles. The molecule has 2 unspecified atom stereocenters. The summed E-state index contributed by atoms with van der Waals surface area (Å²) < 4.78 is 10.7. The maximum Gasteiger partial charge on any atom is 0.161 e. The number of hydrogen-bond donors (Lipinski definition) is 1. The van der Waals surface area contributed by atoms with E-state index in [0.29, 0.717) is 11.3 Å². The number of ether oxygens (including phenoxy) is 2. The predicted molar refractivity (Wildman–Crippen MR) is 82.2 cm³/mol. The summed E-state index contributed by atoms with van der Waals surface area (Å²) in [7, 11) is 3.32. The molecule has 0 aromatic heterocycles. The van der Waals surface area contributed by atoms with Gasteiger partial charge in [0.2, 0.25) is 0 Å². The average molecular weight is 277 g/mol. The highest BCUT2D eigenvalue weighted by atomic mass is 16.5. The van der Waals surface area contributed by atoms with Crippen LogP contribution in [0.5, 0.6) is 11.5 Å². The van der Waals surface area contributed by atoms with Crippen molar-refractivity contribution in [1.29, 1.82) is 0 Å².